The normalized spacial score (nSPS) is 14.0. The fraction of sp³-hybridized carbons (Fsp3) is 0.455. The van der Waals surface area contributed by atoms with E-state index in [1.165, 1.54) is 25.7 Å². The zero-order chi connectivity index (χ0) is 12.9. The Morgan fingerprint density at radius 3 is 2.76 bits per heavy atom. The van der Waals surface area contributed by atoms with Gasteiger partial charge in [-0.2, -0.15) is 0 Å². The maximum atomic E-state index is 11.8. The maximum absolute atomic E-state index is 11.8. The van der Waals surface area contributed by atoms with Crippen molar-refractivity contribution in [2.45, 2.75) is 18.9 Å². The summed E-state index contributed by atoms with van der Waals surface area (Å²) in [5.74, 6) is -1.39. The number of carboxylic acid groups (broad SMARTS) is 1. The van der Waals surface area contributed by atoms with Crippen molar-refractivity contribution < 1.29 is 23.8 Å². The highest BCUT2D eigenvalue weighted by Crippen LogP contribution is 2.12. The van der Waals surface area contributed by atoms with Crippen LogP contribution in [0.5, 0.6) is 0 Å². The number of rotatable bonds is 6. The number of carboxylic acids is 1. The van der Waals surface area contributed by atoms with Crippen LogP contribution in [-0.2, 0) is 9.53 Å². The fourth-order valence-corrected chi connectivity index (χ4v) is 1.52. The van der Waals surface area contributed by atoms with Gasteiger partial charge >= 0.3 is 5.97 Å². The molecule has 17 heavy (non-hydrogen) atoms. The van der Waals surface area contributed by atoms with Gasteiger partial charge in [0.15, 0.2) is 0 Å². The Kier molecular flexibility index (Phi) is 4.28. The number of carbonyl (C=O) groups is 2. The average molecular weight is 241 g/mol. The first kappa shape index (κ1) is 13.2. The van der Waals surface area contributed by atoms with E-state index in [4.69, 9.17) is 14.3 Å². The van der Waals surface area contributed by atoms with E-state index in [1.54, 1.807) is 6.92 Å². The summed E-state index contributed by atoms with van der Waals surface area (Å²) in [6, 6.07) is 1.50. The van der Waals surface area contributed by atoms with Crippen LogP contribution in [0.2, 0.25) is 0 Å². The monoisotopic (exact) mass is 241 g/mol. The summed E-state index contributed by atoms with van der Waals surface area (Å²) in [6.07, 6.45) is 2.45. The molecule has 0 aliphatic rings. The molecule has 6 heteroatoms. The fourth-order valence-electron chi connectivity index (χ4n) is 1.52. The van der Waals surface area contributed by atoms with Crippen LogP contribution in [0.25, 0.3) is 0 Å². The summed E-state index contributed by atoms with van der Waals surface area (Å²) in [4.78, 5) is 22.5. The van der Waals surface area contributed by atoms with Crippen molar-refractivity contribution in [1.82, 2.24) is 5.32 Å². The second-order valence-corrected chi connectivity index (χ2v) is 4.03. The zero-order valence-electron chi connectivity index (χ0n) is 9.73. The van der Waals surface area contributed by atoms with Crippen LogP contribution in [0.3, 0.4) is 0 Å². The molecule has 0 saturated carbocycles. The van der Waals surface area contributed by atoms with E-state index in [-0.39, 0.29) is 18.9 Å². The lowest BCUT2D eigenvalue weighted by Crippen LogP contribution is -2.50. The van der Waals surface area contributed by atoms with Crippen molar-refractivity contribution in [3.63, 3.8) is 0 Å². The largest absolute Gasteiger partial charge is 0.481 e. The molecule has 0 aliphatic heterocycles. The van der Waals surface area contributed by atoms with Crippen molar-refractivity contribution in [2.24, 2.45) is 0 Å². The predicted octanol–water partition coefficient (Wildman–Crippen LogP) is 0.889. The van der Waals surface area contributed by atoms with Gasteiger partial charge in [-0.05, 0) is 13.0 Å². The molecule has 1 unspecified atom stereocenters. The van der Waals surface area contributed by atoms with E-state index in [2.05, 4.69) is 5.32 Å². The number of furan rings is 1. The zero-order valence-corrected chi connectivity index (χ0v) is 9.73. The molecule has 1 atom stereocenters. The Morgan fingerprint density at radius 2 is 2.29 bits per heavy atom. The topological polar surface area (TPSA) is 88.8 Å². The minimum absolute atomic E-state index is 0.114. The number of aliphatic carboxylic acids is 1. The van der Waals surface area contributed by atoms with Crippen LogP contribution in [0.1, 0.15) is 23.7 Å². The molecule has 2 N–H and O–H groups in total. The molecule has 1 heterocycles. The molecular weight excluding hydrogens is 226 g/mol. The van der Waals surface area contributed by atoms with E-state index in [9.17, 15) is 9.59 Å². The average Bonchev–Trinajstić information content (AvgIpc) is 2.68. The van der Waals surface area contributed by atoms with Crippen molar-refractivity contribution in [3.8, 4) is 0 Å². The van der Waals surface area contributed by atoms with Crippen LogP contribution >= 0.6 is 0 Å². The van der Waals surface area contributed by atoms with Gasteiger partial charge in [-0.1, -0.05) is 0 Å². The van der Waals surface area contributed by atoms with Crippen LogP contribution < -0.4 is 5.32 Å². The van der Waals surface area contributed by atoms with E-state index in [0.29, 0.717) is 5.56 Å². The molecule has 1 aromatic heterocycles. The van der Waals surface area contributed by atoms with Gasteiger partial charge in [0.1, 0.15) is 6.26 Å². The van der Waals surface area contributed by atoms with Crippen molar-refractivity contribution >= 4 is 11.9 Å². The van der Waals surface area contributed by atoms with E-state index in [0.717, 1.165) is 0 Å². The van der Waals surface area contributed by atoms with Gasteiger partial charge in [0.25, 0.3) is 5.91 Å². The second kappa shape index (κ2) is 5.49. The van der Waals surface area contributed by atoms with Gasteiger partial charge in [0, 0.05) is 7.11 Å². The molecule has 1 aromatic rings. The van der Waals surface area contributed by atoms with E-state index in [1.807, 2.05) is 0 Å². The number of hydrogen-bond donors (Lipinski definition) is 2. The molecule has 0 aliphatic carbocycles. The predicted molar refractivity (Wildman–Crippen MR) is 58.7 cm³/mol. The molecule has 6 nitrogen and oxygen atoms in total. The van der Waals surface area contributed by atoms with Crippen LogP contribution in [0.4, 0.5) is 0 Å². The summed E-state index contributed by atoms with van der Waals surface area (Å²) in [5, 5.41) is 11.4. The smallest absolute Gasteiger partial charge is 0.305 e. The van der Waals surface area contributed by atoms with Crippen molar-refractivity contribution in [1.29, 1.82) is 0 Å². The third-order valence-corrected chi connectivity index (χ3v) is 2.20. The highest BCUT2D eigenvalue weighted by molar-refractivity contribution is 5.94. The van der Waals surface area contributed by atoms with Crippen molar-refractivity contribution in [2.75, 3.05) is 13.7 Å². The minimum atomic E-state index is -1.00. The van der Waals surface area contributed by atoms with Gasteiger partial charge in [-0.15, -0.1) is 0 Å². The number of carbonyl (C=O) groups excluding carboxylic acids is 1. The molecule has 0 spiro atoms. The number of methoxy groups -OCH3 is 1. The summed E-state index contributed by atoms with van der Waals surface area (Å²) in [6.45, 7) is 1.73. The Bertz CT molecular complexity index is 387. The number of hydrogen-bond acceptors (Lipinski definition) is 4. The summed E-state index contributed by atoms with van der Waals surface area (Å²) >= 11 is 0. The maximum Gasteiger partial charge on any atom is 0.305 e. The van der Waals surface area contributed by atoms with Gasteiger partial charge in [-0.3, -0.25) is 9.59 Å². The first-order chi connectivity index (χ1) is 7.97. The van der Waals surface area contributed by atoms with Crippen LogP contribution in [0, 0.1) is 0 Å². The summed E-state index contributed by atoms with van der Waals surface area (Å²) < 4.78 is 9.71. The highest BCUT2D eigenvalue weighted by atomic mass is 16.5. The Labute approximate surface area is 98.6 Å². The molecule has 0 fully saturated rings. The molecule has 0 bridgehead atoms. The quantitative estimate of drug-likeness (QED) is 0.772. The molecule has 0 saturated heterocycles. The molecule has 0 aromatic carbocycles. The van der Waals surface area contributed by atoms with Gasteiger partial charge in [-0.25, -0.2) is 0 Å². The first-order valence-electron chi connectivity index (χ1n) is 5.02. The summed E-state index contributed by atoms with van der Waals surface area (Å²) in [5.41, 5.74) is -0.604. The third kappa shape index (κ3) is 3.92. The minimum Gasteiger partial charge on any atom is -0.481 e. The Morgan fingerprint density at radius 1 is 1.59 bits per heavy atom. The van der Waals surface area contributed by atoms with Crippen LogP contribution in [0.15, 0.2) is 23.0 Å². The number of amides is 1. The van der Waals surface area contributed by atoms with Gasteiger partial charge in [0.2, 0.25) is 0 Å². The lowest BCUT2D eigenvalue weighted by Gasteiger charge is -2.28. The van der Waals surface area contributed by atoms with Gasteiger partial charge < -0.3 is 19.6 Å². The van der Waals surface area contributed by atoms with E-state index >= 15 is 0 Å². The second-order valence-electron chi connectivity index (χ2n) is 4.03. The highest BCUT2D eigenvalue weighted by Gasteiger charge is 2.30. The van der Waals surface area contributed by atoms with Gasteiger partial charge in [0.05, 0.1) is 30.4 Å². The number of nitrogens with one attached hydrogen (secondary N) is 1. The van der Waals surface area contributed by atoms with E-state index < -0.39 is 11.5 Å². The molecule has 1 amide bonds. The lowest BCUT2D eigenvalue weighted by molar-refractivity contribution is -0.139. The standard InChI is InChI=1S/C11H15NO5/c1-11(7-16-2,5-9(13)14)12-10(15)8-3-4-17-6-8/h3-4,6H,5,7H2,1-2H3,(H,12,15)(H,13,14). The van der Waals surface area contributed by atoms with Crippen molar-refractivity contribution in [3.05, 3.63) is 24.2 Å². The molecule has 0 radical (unpaired) electrons. The molecular formula is C11H15NO5. The van der Waals surface area contributed by atoms with Crippen LogP contribution in [-0.4, -0.2) is 36.2 Å². The lowest BCUT2D eigenvalue weighted by atomic mass is 9.98. The Hall–Kier alpha value is -1.82. The number of ether oxygens (including phenoxy) is 1. The first-order valence-corrected chi connectivity index (χ1v) is 5.02. The molecule has 94 valence electrons. The third-order valence-electron chi connectivity index (χ3n) is 2.20. The Balaban J connectivity index is 2.72. The SMILES string of the molecule is COCC(C)(CC(=O)O)NC(=O)c1ccoc1. The molecule has 1 rings (SSSR count). The summed E-state index contributed by atoms with van der Waals surface area (Å²) in [7, 11) is 1.45.